The van der Waals surface area contributed by atoms with E-state index in [2.05, 4.69) is 45.0 Å². The first-order valence-corrected chi connectivity index (χ1v) is 11.8. The third-order valence-corrected chi connectivity index (χ3v) is 7.41. The van der Waals surface area contributed by atoms with Gasteiger partial charge in [-0.05, 0) is 98.3 Å². The molecular formula is C27H31NO3S. The molecule has 1 aliphatic carbocycles. The Morgan fingerprint density at radius 1 is 1.12 bits per heavy atom. The van der Waals surface area contributed by atoms with Crippen molar-refractivity contribution in [2.75, 3.05) is 14.1 Å². The summed E-state index contributed by atoms with van der Waals surface area (Å²) in [7, 11) is 4.10. The maximum Gasteiger partial charge on any atom is 0.337 e. The molecule has 0 spiro atoms. The molecule has 0 aliphatic heterocycles. The molecule has 1 heterocycles. The van der Waals surface area contributed by atoms with Crippen molar-refractivity contribution >= 4 is 17.3 Å². The topological polar surface area (TPSA) is 49.8 Å². The lowest BCUT2D eigenvalue weighted by molar-refractivity contribution is 0.0696. The number of carboxylic acid groups (broad SMARTS) is 1. The van der Waals surface area contributed by atoms with Crippen molar-refractivity contribution in [3.8, 4) is 21.9 Å². The molecule has 5 heteroatoms. The average molecular weight is 450 g/mol. The molecule has 1 aromatic heterocycles. The van der Waals surface area contributed by atoms with Crippen LogP contribution in [0.1, 0.15) is 52.2 Å². The Hall–Kier alpha value is -2.63. The maximum absolute atomic E-state index is 12.2. The smallest absolute Gasteiger partial charge is 0.337 e. The Balaban J connectivity index is 1.62. The minimum absolute atomic E-state index is 0.143. The summed E-state index contributed by atoms with van der Waals surface area (Å²) >= 11 is 1.65. The number of carbonyl (C=O) groups is 1. The Kier molecular flexibility index (Phi) is 6.15. The van der Waals surface area contributed by atoms with Gasteiger partial charge in [-0.2, -0.15) is 0 Å². The number of aromatic carboxylic acids is 1. The van der Waals surface area contributed by atoms with Gasteiger partial charge in [-0.3, -0.25) is 0 Å². The maximum atomic E-state index is 12.2. The zero-order valence-corrected chi connectivity index (χ0v) is 20.3. The van der Waals surface area contributed by atoms with Gasteiger partial charge in [0.2, 0.25) is 0 Å². The number of fused-ring (bicyclic) bond motifs is 1. The average Bonchev–Trinajstić information content (AvgIpc) is 3.06. The molecule has 4 rings (SSSR count). The van der Waals surface area contributed by atoms with Crippen molar-refractivity contribution in [2.24, 2.45) is 5.41 Å². The number of rotatable bonds is 6. The van der Waals surface area contributed by atoms with Crippen LogP contribution in [0.3, 0.4) is 0 Å². The highest BCUT2D eigenvalue weighted by atomic mass is 32.1. The second-order valence-electron chi connectivity index (χ2n) is 9.81. The molecule has 0 atom stereocenters. The molecule has 32 heavy (non-hydrogen) atoms. The van der Waals surface area contributed by atoms with Crippen molar-refractivity contribution in [3.63, 3.8) is 0 Å². The number of ether oxygens (including phenoxy) is 1. The summed E-state index contributed by atoms with van der Waals surface area (Å²) in [5.41, 5.74) is 4.90. The van der Waals surface area contributed by atoms with Crippen LogP contribution in [0.15, 0.2) is 42.5 Å². The SMILES string of the molecule is Cc1cc(Oc2ccc(CN(C)C)cc2)ccc1-c1sc2c(c1C(=O)O)CC(C)(C)CC2. The van der Waals surface area contributed by atoms with E-state index in [0.717, 1.165) is 58.9 Å². The lowest BCUT2D eigenvalue weighted by Gasteiger charge is -2.29. The van der Waals surface area contributed by atoms with Crippen molar-refractivity contribution in [1.82, 2.24) is 4.90 Å². The Morgan fingerprint density at radius 2 is 1.81 bits per heavy atom. The van der Waals surface area contributed by atoms with Gasteiger partial charge in [-0.25, -0.2) is 4.79 Å². The predicted molar refractivity (Wildman–Crippen MR) is 131 cm³/mol. The van der Waals surface area contributed by atoms with Crippen LogP contribution in [-0.2, 0) is 19.4 Å². The molecule has 0 saturated carbocycles. The van der Waals surface area contributed by atoms with Gasteiger partial charge in [-0.1, -0.05) is 26.0 Å². The van der Waals surface area contributed by atoms with E-state index in [1.165, 1.54) is 10.4 Å². The van der Waals surface area contributed by atoms with Gasteiger partial charge < -0.3 is 14.7 Å². The van der Waals surface area contributed by atoms with Crippen LogP contribution in [0.5, 0.6) is 11.5 Å². The highest BCUT2D eigenvalue weighted by Crippen LogP contribution is 2.46. The van der Waals surface area contributed by atoms with E-state index < -0.39 is 5.97 Å². The summed E-state index contributed by atoms with van der Waals surface area (Å²) in [6.07, 6.45) is 2.87. The van der Waals surface area contributed by atoms with E-state index in [-0.39, 0.29) is 5.41 Å². The van der Waals surface area contributed by atoms with Crippen LogP contribution in [-0.4, -0.2) is 30.1 Å². The monoisotopic (exact) mass is 449 g/mol. The van der Waals surface area contributed by atoms with Crippen molar-refractivity contribution in [3.05, 3.63) is 69.6 Å². The van der Waals surface area contributed by atoms with Gasteiger partial charge in [0.1, 0.15) is 11.5 Å². The second-order valence-corrected chi connectivity index (χ2v) is 10.9. The first kappa shape index (κ1) is 22.6. The summed E-state index contributed by atoms with van der Waals surface area (Å²) < 4.78 is 6.07. The molecule has 2 aromatic carbocycles. The van der Waals surface area contributed by atoms with E-state index in [1.807, 2.05) is 37.3 Å². The van der Waals surface area contributed by atoms with Crippen LogP contribution in [0.25, 0.3) is 10.4 Å². The van der Waals surface area contributed by atoms with Gasteiger partial charge in [-0.15, -0.1) is 11.3 Å². The Labute approximate surface area is 194 Å². The van der Waals surface area contributed by atoms with Gasteiger partial charge in [0, 0.05) is 16.3 Å². The number of thiophene rings is 1. The van der Waals surface area contributed by atoms with E-state index in [4.69, 9.17) is 4.74 Å². The molecule has 0 fully saturated rings. The summed E-state index contributed by atoms with van der Waals surface area (Å²) in [4.78, 5) is 16.5. The minimum atomic E-state index is -0.826. The molecular weight excluding hydrogens is 418 g/mol. The van der Waals surface area contributed by atoms with E-state index >= 15 is 0 Å². The minimum Gasteiger partial charge on any atom is -0.478 e. The van der Waals surface area contributed by atoms with Crippen molar-refractivity contribution in [2.45, 2.75) is 46.6 Å². The van der Waals surface area contributed by atoms with E-state index in [9.17, 15) is 9.90 Å². The zero-order chi connectivity index (χ0) is 23.0. The normalized spacial score (nSPS) is 14.9. The summed E-state index contributed by atoms with van der Waals surface area (Å²) in [5.74, 6) is 0.721. The first-order valence-electron chi connectivity index (χ1n) is 11.0. The summed E-state index contributed by atoms with van der Waals surface area (Å²) in [6, 6.07) is 14.1. The van der Waals surface area contributed by atoms with Crippen LogP contribution in [0.2, 0.25) is 0 Å². The third-order valence-electron chi connectivity index (χ3n) is 6.09. The molecule has 0 saturated heterocycles. The van der Waals surface area contributed by atoms with Gasteiger partial charge in [0.25, 0.3) is 0 Å². The first-order chi connectivity index (χ1) is 15.1. The standard InChI is InChI=1S/C27H31NO3S/c1-17-14-20(31-19-8-6-18(7-9-19)16-28(4)5)10-11-21(17)25-24(26(29)30)22-15-27(2,3)13-12-23(22)32-25/h6-11,14H,12-13,15-16H2,1-5H3,(H,29,30). The van der Waals surface area contributed by atoms with Crippen LogP contribution in [0.4, 0.5) is 0 Å². The number of nitrogens with zero attached hydrogens (tertiary/aromatic N) is 1. The lowest BCUT2D eigenvalue weighted by Crippen LogP contribution is -2.22. The number of hydrogen-bond acceptors (Lipinski definition) is 4. The summed E-state index contributed by atoms with van der Waals surface area (Å²) in [6.45, 7) is 7.37. The molecule has 4 nitrogen and oxygen atoms in total. The molecule has 0 radical (unpaired) electrons. The van der Waals surface area contributed by atoms with Crippen LogP contribution in [0, 0.1) is 12.3 Å². The van der Waals surface area contributed by atoms with Gasteiger partial charge in [0.15, 0.2) is 0 Å². The number of carboxylic acids is 1. The molecule has 1 N–H and O–H groups in total. The van der Waals surface area contributed by atoms with Crippen molar-refractivity contribution in [1.29, 1.82) is 0 Å². The Bertz CT molecular complexity index is 1140. The molecule has 0 amide bonds. The number of benzene rings is 2. The van der Waals surface area contributed by atoms with Gasteiger partial charge in [0.05, 0.1) is 5.56 Å². The predicted octanol–water partition coefficient (Wildman–Crippen LogP) is 6.79. The molecule has 1 aliphatic rings. The molecule has 3 aromatic rings. The molecule has 168 valence electrons. The largest absolute Gasteiger partial charge is 0.478 e. The summed E-state index contributed by atoms with van der Waals surface area (Å²) in [5, 5.41) is 10.0. The lowest BCUT2D eigenvalue weighted by atomic mass is 9.76. The fourth-order valence-electron chi connectivity index (χ4n) is 4.45. The van der Waals surface area contributed by atoms with Crippen molar-refractivity contribution < 1.29 is 14.6 Å². The molecule has 0 bridgehead atoms. The highest BCUT2D eigenvalue weighted by Gasteiger charge is 2.33. The second kappa shape index (κ2) is 8.72. The van der Waals surface area contributed by atoms with Gasteiger partial charge >= 0.3 is 5.97 Å². The zero-order valence-electron chi connectivity index (χ0n) is 19.5. The van der Waals surface area contributed by atoms with E-state index in [0.29, 0.717) is 5.56 Å². The fourth-order valence-corrected chi connectivity index (χ4v) is 5.85. The fraction of sp³-hybridized carbons (Fsp3) is 0.370. The van der Waals surface area contributed by atoms with Crippen LogP contribution >= 0.6 is 11.3 Å². The number of aryl methyl sites for hydroxylation is 2. The quantitative estimate of drug-likeness (QED) is 0.450. The van der Waals surface area contributed by atoms with Crippen LogP contribution < -0.4 is 4.74 Å². The Morgan fingerprint density at radius 3 is 2.44 bits per heavy atom. The number of hydrogen-bond donors (Lipinski definition) is 1. The molecule has 0 unspecified atom stereocenters. The third kappa shape index (κ3) is 4.74. The van der Waals surface area contributed by atoms with E-state index in [1.54, 1.807) is 11.3 Å². The highest BCUT2D eigenvalue weighted by molar-refractivity contribution is 7.16.